The Hall–Kier alpha value is -0.300. The van der Waals surface area contributed by atoms with E-state index < -0.39 is 0 Å². The summed E-state index contributed by atoms with van der Waals surface area (Å²) in [6.45, 7) is 8.14. The van der Waals surface area contributed by atoms with E-state index in [9.17, 15) is 0 Å². The van der Waals surface area contributed by atoms with Crippen LogP contribution in [-0.4, -0.2) is 6.04 Å². The predicted octanol–water partition coefficient (Wildman–Crippen LogP) is 2.72. The van der Waals surface area contributed by atoms with Gasteiger partial charge in [-0.3, -0.25) is 0 Å². The first kappa shape index (κ1) is 10.7. The van der Waals surface area contributed by atoms with Crippen molar-refractivity contribution in [1.82, 2.24) is 0 Å². The fraction of sp³-hybridized carbons (Fsp3) is 0.800. The predicted molar refractivity (Wildman–Crippen MR) is 51.5 cm³/mol. The van der Waals surface area contributed by atoms with E-state index in [0.29, 0.717) is 6.04 Å². The topological polar surface area (TPSA) is 26.0 Å². The third-order valence-corrected chi connectivity index (χ3v) is 2.26. The minimum Gasteiger partial charge on any atom is -0.327 e. The number of rotatable bonds is 6. The third kappa shape index (κ3) is 5.02. The van der Waals surface area contributed by atoms with Crippen LogP contribution < -0.4 is 5.73 Å². The number of nitrogens with two attached hydrogens (primary N) is 1. The van der Waals surface area contributed by atoms with E-state index in [2.05, 4.69) is 20.4 Å². The maximum Gasteiger partial charge on any atom is 0.00759 e. The highest BCUT2D eigenvalue weighted by molar-refractivity contribution is 4.76. The van der Waals surface area contributed by atoms with Gasteiger partial charge in [-0.1, -0.05) is 32.8 Å². The van der Waals surface area contributed by atoms with E-state index in [0.717, 1.165) is 18.8 Å². The summed E-state index contributed by atoms with van der Waals surface area (Å²) in [6, 6.07) is 0.331. The van der Waals surface area contributed by atoms with Crippen LogP contribution in [0.15, 0.2) is 12.7 Å². The second-order valence-electron chi connectivity index (χ2n) is 3.20. The molecule has 0 radical (unpaired) electrons. The summed E-state index contributed by atoms with van der Waals surface area (Å²) in [4.78, 5) is 0. The molecule has 0 saturated carbocycles. The number of hydrogen-bond donors (Lipinski definition) is 1. The lowest BCUT2D eigenvalue weighted by atomic mass is 9.94. The van der Waals surface area contributed by atoms with Crippen molar-refractivity contribution in [2.45, 2.75) is 45.6 Å². The first-order valence-electron chi connectivity index (χ1n) is 4.61. The fourth-order valence-electron chi connectivity index (χ4n) is 1.36. The molecule has 0 bridgehead atoms. The van der Waals surface area contributed by atoms with Crippen molar-refractivity contribution in [3.8, 4) is 0 Å². The van der Waals surface area contributed by atoms with E-state index in [4.69, 9.17) is 5.73 Å². The van der Waals surface area contributed by atoms with Crippen LogP contribution in [0, 0.1) is 5.92 Å². The summed E-state index contributed by atoms with van der Waals surface area (Å²) >= 11 is 0. The zero-order valence-electron chi connectivity index (χ0n) is 7.84. The molecular formula is C10H21N. The molecule has 0 rings (SSSR count). The monoisotopic (exact) mass is 155 g/mol. The molecule has 1 unspecified atom stereocenters. The second-order valence-corrected chi connectivity index (χ2v) is 3.20. The molecule has 0 amide bonds. The Morgan fingerprint density at radius 3 is 2.27 bits per heavy atom. The molecule has 0 heterocycles. The maximum absolute atomic E-state index is 5.86. The van der Waals surface area contributed by atoms with Gasteiger partial charge in [-0.25, -0.2) is 0 Å². The molecule has 11 heavy (non-hydrogen) atoms. The number of hydrogen-bond acceptors (Lipinski definition) is 1. The molecule has 0 saturated heterocycles. The Balaban J connectivity index is 3.52. The molecule has 0 aliphatic heterocycles. The molecule has 0 aliphatic carbocycles. The van der Waals surface area contributed by atoms with Crippen molar-refractivity contribution in [2.24, 2.45) is 11.7 Å². The van der Waals surface area contributed by atoms with Gasteiger partial charge in [0.2, 0.25) is 0 Å². The summed E-state index contributed by atoms with van der Waals surface area (Å²) < 4.78 is 0. The Bertz CT molecular complexity index is 95.0. The van der Waals surface area contributed by atoms with E-state index in [1.807, 2.05) is 6.08 Å². The van der Waals surface area contributed by atoms with Crippen LogP contribution in [0.3, 0.4) is 0 Å². The molecule has 0 fully saturated rings. The van der Waals surface area contributed by atoms with Crippen LogP contribution in [0.2, 0.25) is 0 Å². The summed E-state index contributed by atoms with van der Waals surface area (Å²) in [6.07, 6.45) is 6.52. The van der Waals surface area contributed by atoms with Gasteiger partial charge in [0.25, 0.3) is 0 Å². The van der Waals surface area contributed by atoms with Gasteiger partial charge < -0.3 is 5.73 Å². The lowest BCUT2D eigenvalue weighted by molar-refractivity contribution is 0.410. The summed E-state index contributed by atoms with van der Waals surface area (Å²) in [7, 11) is 0. The Morgan fingerprint density at radius 2 is 1.91 bits per heavy atom. The first-order chi connectivity index (χ1) is 5.24. The van der Waals surface area contributed by atoms with Gasteiger partial charge in [0, 0.05) is 6.04 Å². The lowest BCUT2D eigenvalue weighted by Crippen LogP contribution is -2.22. The van der Waals surface area contributed by atoms with Crippen LogP contribution >= 0.6 is 0 Å². The Kier molecular flexibility index (Phi) is 6.24. The van der Waals surface area contributed by atoms with E-state index in [1.54, 1.807) is 0 Å². The average Bonchev–Trinajstić information content (AvgIpc) is 2.01. The van der Waals surface area contributed by atoms with Crippen molar-refractivity contribution in [3.05, 3.63) is 12.7 Å². The van der Waals surface area contributed by atoms with Crippen LogP contribution in [0.25, 0.3) is 0 Å². The zero-order chi connectivity index (χ0) is 8.69. The molecule has 0 aromatic rings. The smallest absolute Gasteiger partial charge is 0.00759 e. The molecule has 1 heteroatoms. The molecule has 0 aromatic heterocycles. The van der Waals surface area contributed by atoms with Crippen molar-refractivity contribution in [3.63, 3.8) is 0 Å². The van der Waals surface area contributed by atoms with Crippen molar-refractivity contribution < 1.29 is 0 Å². The van der Waals surface area contributed by atoms with Crippen molar-refractivity contribution in [1.29, 1.82) is 0 Å². The molecule has 0 aliphatic rings. The highest BCUT2D eigenvalue weighted by Crippen LogP contribution is 2.15. The minimum absolute atomic E-state index is 0.331. The summed E-state index contributed by atoms with van der Waals surface area (Å²) in [5.74, 6) is 0.810. The van der Waals surface area contributed by atoms with Crippen molar-refractivity contribution >= 4 is 0 Å². The van der Waals surface area contributed by atoms with Crippen LogP contribution in [0.5, 0.6) is 0 Å². The van der Waals surface area contributed by atoms with Crippen molar-refractivity contribution in [2.75, 3.05) is 0 Å². The quantitative estimate of drug-likeness (QED) is 0.586. The van der Waals surface area contributed by atoms with Gasteiger partial charge in [-0.2, -0.15) is 0 Å². The van der Waals surface area contributed by atoms with Gasteiger partial charge >= 0.3 is 0 Å². The van der Waals surface area contributed by atoms with Crippen LogP contribution in [0.1, 0.15) is 39.5 Å². The largest absolute Gasteiger partial charge is 0.327 e. The van der Waals surface area contributed by atoms with Crippen LogP contribution in [-0.2, 0) is 0 Å². The summed E-state index contributed by atoms with van der Waals surface area (Å²) in [5, 5.41) is 0. The third-order valence-electron chi connectivity index (χ3n) is 2.26. The zero-order valence-corrected chi connectivity index (χ0v) is 7.84. The minimum atomic E-state index is 0.331. The molecule has 1 nitrogen and oxygen atoms in total. The van der Waals surface area contributed by atoms with Gasteiger partial charge in [-0.15, -0.1) is 6.58 Å². The molecule has 0 spiro atoms. The average molecular weight is 155 g/mol. The molecular weight excluding hydrogens is 134 g/mol. The van der Waals surface area contributed by atoms with Gasteiger partial charge in [0.15, 0.2) is 0 Å². The van der Waals surface area contributed by atoms with Crippen LogP contribution in [0.4, 0.5) is 0 Å². The standard InChI is InChI=1S/C10H21N/c1-4-7-10(11)8-9(5-2)6-3/h4,9-10H,1,5-8,11H2,2-3H3. The van der Waals surface area contributed by atoms with E-state index >= 15 is 0 Å². The highest BCUT2D eigenvalue weighted by Gasteiger charge is 2.07. The normalized spacial score (nSPS) is 13.5. The SMILES string of the molecule is C=CCC(N)CC(CC)CC. The summed E-state index contributed by atoms with van der Waals surface area (Å²) in [5.41, 5.74) is 5.86. The molecule has 0 aromatic carbocycles. The Labute approximate surface area is 70.7 Å². The van der Waals surface area contributed by atoms with Gasteiger partial charge in [0.1, 0.15) is 0 Å². The fourth-order valence-corrected chi connectivity index (χ4v) is 1.36. The van der Waals surface area contributed by atoms with Gasteiger partial charge in [-0.05, 0) is 18.8 Å². The highest BCUT2D eigenvalue weighted by atomic mass is 14.6. The molecule has 66 valence electrons. The maximum atomic E-state index is 5.86. The molecule has 2 N–H and O–H groups in total. The molecule has 1 atom stereocenters. The van der Waals surface area contributed by atoms with Gasteiger partial charge in [0.05, 0.1) is 0 Å². The van der Waals surface area contributed by atoms with E-state index in [-0.39, 0.29) is 0 Å². The van der Waals surface area contributed by atoms with E-state index in [1.165, 1.54) is 12.8 Å². The lowest BCUT2D eigenvalue weighted by Gasteiger charge is -2.16. The second kappa shape index (κ2) is 6.41. The Morgan fingerprint density at radius 1 is 1.36 bits per heavy atom. The first-order valence-corrected chi connectivity index (χ1v) is 4.61.